The van der Waals surface area contributed by atoms with Crippen LogP contribution in [0.4, 0.5) is 0 Å². The third kappa shape index (κ3) is 4.58. The first kappa shape index (κ1) is 26.2. The third-order valence-corrected chi connectivity index (χ3v) is 13.4. The van der Waals surface area contributed by atoms with E-state index in [2.05, 4.69) is 87.5 Å². The van der Waals surface area contributed by atoms with E-state index in [1.54, 1.807) is 12.1 Å². The number of halogens is 2. The minimum Gasteiger partial charge on any atom is -0.400 e. The predicted octanol–water partition coefficient (Wildman–Crippen LogP) is 7.64. The summed E-state index contributed by atoms with van der Waals surface area (Å²) in [6, 6.07) is 34.9. The van der Waals surface area contributed by atoms with Crippen LogP contribution in [0.15, 0.2) is 103 Å². The van der Waals surface area contributed by atoms with Crippen molar-refractivity contribution in [1.29, 1.82) is 0 Å². The van der Waals surface area contributed by atoms with Gasteiger partial charge in [0.1, 0.15) is 5.60 Å². The van der Waals surface area contributed by atoms with Crippen molar-refractivity contribution in [2.75, 3.05) is 0 Å². The predicted molar refractivity (Wildman–Crippen MR) is 157 cm³/mol. The zero-order valence-electron chi connectivity index (χ0n) is 21.4. The summed E-state index contributed by atoms with van der Waals surface area (Å²) in [6.45, 7) is 6.88. The van der Waals surface area contributed by atoms with Crippen molar-refractivity contribution in [3.8, 4) is 0 Å². The van der Waals surface area contributed by atoms with E-state index in [1.165, 1.54) is 10.4 Å². The fourth-order valence-electron chi connectivity index (χ4n) is 5.86. The van der Waals surface area contributed by atoms with E-state index >= 15 is 0 Å². The Morgan fingerprint density at radius 1 is 0.784 bits per heavy atom. The third-order valence-electron chi connectivity index (χ3n) is 7.65. The first-order valence-corrected chi connectivity index (χ1v) is 15.4. The molecule has 0 spiro atoms. The zero-order valence-corrected chi connectivity index (χ0v) is 23.9. The van der Waals surface area contributed by atoms with Gasteiger partial charge in [-0.3, -0.25) is 0 Å². The van der Waals surface area contributed by atoms with Gasteiger partial charge in [0, 0.05) is 0 Å². The minimum absolute atomic E-state index is 0.137. The number of hydrogen-bond acceptors (Lipinski definition) is 2. The van der Waals surface area contributed by atoms with Gasteiger partial charge in [-0.05, 0) is 57.1 Å². The molecule has 190 valence electrons. The molecule has 2 atom stereocenters. The van der Waals surface area contributed by atoms with Gasteiger partial charge >= 0.3 is 0 Å². The van der Waals surface area contributed by atoms with Crippen LogP contribution in [0.5, 0.6) is 0 Å². The van der Waals surface area contributed by atoms with Gasteiger partial charge in [0.2, 0.25) is 0 Å². The number of aliphatic hydroxyl groups is 1. The highest BCUT2D eigenvalue weighted by atomic mass is 35.5. The van der Waals surface area contributed by atoms with E-state index in [0.29, 0.717) is 22.9 Å². The van der Waals surface area contributed by atoms with Gasteiger partial charge in [-0.25, -0.2) is 0 Å². The second-order valence-corrected chi connectivity index (χ2v) is 16.0. The van der Waals surface area contributed by atoms with Gasteiger partial charge in [-0.2, -0.15) is 0 Å². The van der Waals surface area contributed by atoms with Crippen LogP contribution in [0, 0.1) is 0 Å². The van der Waals surface area contributed by atoms with Gasteiger partial charge in [0.25, 0.3) is 8.32 Å². The molecule has 1 unspecified atom stereocenters. The van der Waals surface area contributed by atoms with E-state index in [0.717, 1.165) is 16.7 Å². The smallest absolute Gasteiger partial charge is 0.261 e. The lowest BCUT2D eigenvalue weighted by atomic mass is 9.74. The molecule has 1 N–H and O–H groups in total. The summed E-state index contributed by atoms with van der Waals surface area (Å²) < 4.78 is 7.49. The molecule has 0 aromatic heterocycles. The molecule has 4 aromatic carbocycles. The fourth-order valence-corrected chi connectivity index (χ4v) is 10.8. The number of rotatable bonds is 5. The number of fused-ring (bicyclic) bond motifs is 1. The standard InChI is InChI=1S/C32H32Cl2O2Si/c1-31(2,3)37(24-12-6-4-7-13-24,25-14-8-5-9-15-25)36-30-20-21-32(35,27-17-11-10-16-26(27)30)23-18-19-28(33)29(34)22-23/h4-19,22,30,35H,20-21H2,1-3H3/t30-,32?/m1/s1. The zero-order chi connectivity index (χ0) is 26.3. The topological polar surface area (TPSA) is 29.5 Å². The molecule has 0 amide bonds. The Balaban J connectivity index is 1.66. The van der Waals surface area contributed by atoms with Crippen molar-refractivity contribution in [2.45, 2.75) is 50.4 Å². The molecule has 4 aromatic rings. The second kappa shape index (κ2) is 10.1. The van der Waals surface area contributed by atoms with E-state index in [1.807, 2.05) is 24.3 Å². The lowest BCUT2D eigenvalue weighted by Gasteiger charge is -2.47. The highest BCUT2D eigenvalue weighted by Gasteiger charge is 2.53. The van der Waals surface area contributed by atoms with Crippen molar-refractivity contribution < 1.29 is 9.53 Å². The van der Waals surface area contributed by atoms with Gasteiger partial charge in [-0.15, -0.1) is 0 Å². The molecule has 0 saturated heterocycles. The summed E-state index contributed by atoms with van der Waals surface area (Å²) in [5.41, 5.74) is 1.46. The summed E-state index contributed by atoms with van der Waals surface area (Å²) in [5, 5.41) is 15.3. The molecule has 0 bridgehead atoms. The molecule has 0 heterocycles. The van der Waals surface area contributed by atoms with Crippen molar-refractivity contribution >= 4 is 41.9 Å². The SMILES string of the molecule is CC(C)(C)[Si](O[C@@H]1CCC(O)(c2ccc(Cl)c(Cl)c2)c2ccccc21)(c1ccccc1)c1ccccc1. The van der Waals surface area contributed by atoms with Crippen molar-refractivity contribution in [2.24, 2.45) is 0 Å². The Morgan fingerprint density at radius 2 is 1.35 bits per heavy atom. The van der Waals surface area contributed by atoms with Crippen LogP contribution in [0.2, 0.25) is 15.1 Å². The average Bonchev–Trinajstić information content (AvgIpc) is 2.90. The molecule has 37 heavy (non-hydrogen) atoms. The van der Waals surface area contributed by atoms with Crippen LogP contribution in [-0.4, -0.2) is 13.4 Å². The van der Waals surface area contributed by atoms with Gasteiger partial charge in [0.05, 0.1) is 16.1 Å². The maximum Gasteiger partial charge on any atom is 0.261 e. The lowest BCUT2D eigenvalue weighted by molar-refractivity contribution is 0.0321. The van der Waals surface area contributed by atoms with Crippen LogP contribution < -0.4 is 10.4 Å². The highest BCUT2D eigenvalue weighted by Crippen LogP contribution is 2.49. The Labute approximate surface area is 231 Å². The maximum atomic E-state index is 12.1. The van der Waals surface area contributed by atoms with Crippen LogP contribution in [0.25, 0.3) is 0 Å². The lowest BCUT2D eigenvalue weighted by Crippen LogP contribution is -2.67. The maximum absolute atomic E-state index is 12.1. The largest absolute Gasteiger partial charge is 0.400 e. The van der Waals surface area contributed by atoms with Gasteiger partial charge < -0.3 is 9.53 Å². The summed E-state index contributed by atoms with van der Waals surface area (Å²) >= 11 is 12.6. The van der Waals surface area contributed by atoms with E-state index in [9.17, 15) is 5.11 Å². The van der Waals surface area contributed by atoms with Gasteiger partial charge in [-0.1, -0.05) is 135 Å². The van der Waals surface area contributed by atoms with Crippen molar-refractivity contribution in [1.82, 2.24) is 0 Å². The highest BCUT2D eigenvalue weighted by molar-refractivity contribution is 6.99. The Bertz CT molecular complexity index is 1350. The van der Waals surface area contributed by atoms with Crippen molar-refractivity contribution in [3.05, 3.63) is 130 Å². The molecule has 0 radical (unpaired) electrons. The van der Waals surface area contributed by atoms with E-state index in [-0.39, 0.29) is 11.1 Å². The molecule has 0 saturated carbocycles. The monoisotopic (exact) mass is 546 g/mol. The van der Waals surface area contributed by atoms with Crippen LogP contribution in [0.1, 0.15) is 56.4 Å². The van der Waals surface area contributed by atoms with E-state index < -0.39 is 13.9 Å². The van der Waals surface area contributed by atoms with Crippen molar-refractivity contribution in [3.63, 3.8) is 0 Å². The molecular weight excluding hydrogens is 515 g/mol. The fraction of sp³-hybridized carbons (Fsp3) is 0.250. The Kier molecular flexibility index (Phi) is 7.12. The Hall–Kier alpha value is -2.40. The molecule has 1 aliphatic rings. The summed E-state index contributed by atoms with van der Waals surface area (Å²) in [5.74, 6) is 0. The first-order chi connectivity index (χ1) is 17.7. The van der Waals surface area contributed by atoms with Crippen LogP contribution >= 0.6 is 23.2 Å². The van der Waals surface area contributed by atoms with Crippen LogP contribution in [0.3, 0.4) is 0 Å². The molecule has 2 nitrogen and oxygen atoms in total. The molecule has 5 heteroatoms. The molecule has 0 aliphatic heterocycles. The summed E-state index contributed by atoms with van der Waals surface area (Å²) in [7, 11) is -2.77. The normalized spacial score (nSPS) is 19.9. The van der Waals surface area contributed by atoms with Crippen LogP contribution in [-0.2, 0) is 10.0 Å². The quantitative estimate of drug-likeness (QED) is 0.260. The average molecular weight is 548 g/mol. The minimum atomic E-state index is -2.77. The van der Waals surface area contributed by atoms with E-state index in [4.69, 9.17) is 27.6 Å². The Morgan fingerprint density at radius 3 is 1.92 bits per heavy atom. The number of benzene rings is 4. The first-order valence-electron chi connectivity index (χ1n) is 12.7. The summed E-state index contributed by atoms with van der Waals surface area (Å²) in [4.78, 5) is 0. The van der Waals surface area contributed by atoms with Gasteiger partial charge in [0.15, 0.2) is 0 Å². The summed E-state index contributed by atoms with van der Waals surface area (Å²) in [6.07, 6.45) is 1.04. The number of hydrogen-bond donors (Lipinski definition) is 1. The molecular formula is C32H32Cl2O2Si. The molecule has 1 aliphatic carbocycles. The molecule has 0 fully saturated rings. The second-order valence-electron chi connectivity index (χ2n) is 10.9. The molecule has 5 rings (SSSR count).